The molecule has 1 N–H and O–H groups in total. The van der Waals surface area contributed by atoms with E-state index in [1.54, 1.807) is 0 Å². The molecule has 0 heterocycles. The van der Waals surface area contributed by atoms with Crippen molar-refractivity contribution in [1.29, 1.82) is 0 Å². The highest BCUT2D eigenvalue weighted by molar-refractivity contribution is 9.10. The summed E-state index contributed by atoms with van der Waals surface area (Å²) in [4.78, 5) is 0. The van der Waals surface area contributed by atoms with Crippen molar-refractivity contribution in [3.8, 4) is 5.75 Å². The van der Waals surface area contributed by atoms with Crippen molar-refractivity contribution < 1.29 is 4.74 Å². The van der Waals surface area contributed by atoms with Gasteiger partial charge in [-0.2, -0.15) is 0 Å². The largest absolute Gasteiger partial charge is 0.492 e. The zero-order chi connectivity index (χ0) is 14.3. The number of hydrogen-bond donors (Lipinski definition) is 1. The van der Waals surface area contributed by atoms with Crippen LogP contribution < -0.4 is 10.1 Å². The molecule has 0 atom stereocenters. The summed E-state index contributed by atoms with van der Waals surface area (Å²) in [5.74, 6) is 0.859. The molecule has 0 aliphatic rings. The van der Waals surface area contributed by atoms with Crippen molar-refractivity contribution in [3.63, 3.8) is 0 Å². The molecule has 1 aromatic carbocycles. The molecule has 0 bridgehead atoms. The minimum absolute atomic E-state index is 0.213. The van der Waals surface area contributed by atoms with Gasteiger partial charge in [0.2, 0.25) is 0 Å². The fourth-order valence-electron chi connectivity index (χ4n) is 1.64. The van der Waals surface area contributed by atoms with Crippen LogP contribution in [-0.2, 0) is 0 Å². The summed E-state index contributed by atoms with van der Waals surface area (Å²) >= 11 is 9.32. The Hall–Kier alpha value is -0.250. The highest BCUT2D eigenvalue weighted by Gasteiger charge is 2.07. The van der Waals surface area contributed by atoms with Crippen molar-refractivity contribution in [2.45, 2.75) is 45.6 Å². The standard InChI is InChI=1S/C15H23BrClNO/c1-15(2,3)18-9-5-4-6-10-19-14-8-7-12(17)11-13(14)16/h7-8,11,18H,4-6,9-10H2,1-3H3. The van der Waals surface area contributed by atoms with E-state index in [1.807, 2.05) is 18.2 Å². The molecule has 0 amide bonds. The number of hydrogen-bond acceptors (Lipinski definition) is 2. The molecule has 0 aliphatic heterocycles. The van der Waals surface area contributed by atoms with Crippen molar-refractivity contribution in [2.75, 3.05) is 13.2 Å². The van der Waals surface area contributed by atoms with Gasteiger partial charge >= 0.3 is 0 Å². The maximum Gasteiger partial charge on any atom is 0.133 e. The van der Waals surface area contributed by atoms with Crippen LogP contribution in [0.2, 0.25) is 5.02 Å². The lowest BCUT2D eigenvalue weighted by Crippen LogP contribution is -2.36. The summed E-state index contributed by atoms with van der Waals surface area (Å²) in [6.07, 6.45) is 3.43. The van der Waals surface area contributed by atoms with E-state index in [-0.39, 0.29) is 5.54 Å². The lowest BCUT2D eigenvalue weighted by Gasteiger charge is -2.20. The van der Waals surface area contributed by atoms with E-state index in [0.29, 0.717) is 5.02 Å². The number of unbranched alkanes of at least 4 members (excludes halogenated alkanes) is 2. The van der Waals surface area contributed by atoms with Crippen molar-refractivity contribution in [1.82, 2.24) is 5.32 Å². The molecule has 0 saturated carbocycles. The Morgan fingerprint density at radius 1 is 1.21 bits per heavy atom. The molecular formula is C15H23BrClNO. The molecule has 0 saturated heterocycles. The van der Waals surface area contributed by atoms with Crippen LogP contribution in [0, 0.1) is 0 Å². The second kappa shape index (κ2) is 8.13. The van der Waals surface area contributed by atoms with E-state index in [2.05, 4.69) is 42.0 Å². The van der Waals surface area contributed by atoms with Gasteiger partial charge in [0.05, 0.1) is 11.1 Å². The van der Waals surface area contributed by atoms with Gasteiger partial charge in [0, 0.05) is 10.6 Å². The number of halogens is 2. The zero-order valence-corrected chi connectivity index (χ0v) is 14.3. The van der Waals surface area contributed by atoms with E-state index in [0.717, 1.165) is 29.8 Å². The van der Waals surface area contributed by atoms with Gasteiger partial charge in [-0.25, -0.2) is 0 Å². The van der Waals surface area contributed by atoms with Crippen LogP contribution in [0.15, 0.2) is 22.7 Å². The average molecular weight is 349 g/mol. The predicted molar refractivity (Wildman–Crippen MR) is 86.3 cm³/mol. The first-order chi connectivity index (χ1) is 8.88. The molecule has 0 fully saturated rings. The molecule has 108 valence electrons. The molecule has 0 unspecified atom stereocenters. The summed E-state index contributed by atoms with van der Waals surface area (Å²) in [6, 6.07) is 5.59. The molecule has 1 rings (SSSR count). The third-order valence-electron chi connectivity index (χ3n) is 2.63. The monoisotopic (exact) mass is 347 g/mol. The van der Waals surface area contributed by atoms with Crippen molar-refractivity contribution >= 4 is 27.5 Å². The fraction of sp³-hybridized carbons (Fsp3) is 0.600. The van der Waals surface area contributed by atoms with Crippen LogP contribution in [0.25, 0.3) is 0 Å². The average Bonchev–Trinajstić information content (AvgIpc) is 2.29. The topological polar surface area (TPSA) is 21.3 Å². The minimum atomic E-state index is 0.213. The second-order valence-corrected chi connectivity index (χ2v) is 6.95. The summed E-state index contributed by atoms with van der Waals surface area (Å²) in [5, 5.41) is 4.20. The quantitative estimate of drug-likeness (QED) is 0.697. The molecule has 0 radical (unpaired) electrons. The third-order valence-corrected chi connectivity index (χ3v) is 3.48. The molecular weight excluding hydrogens is 326 g/mol. The van der Waals surface area contributed by atoms with Gasteiger partial charge in [0.25, 0.3) is 0 Å². The Kier molecular flexibility index (Phi) is 7.19. The summed E-state index contributed by atoms with van der Waals surface area (Å²) in [7, 11) is 0. The molecule has 0 aromatic heterocycles. The van der Waals surface area contributed by atoms with Crippen LogP contribution in [0.4, 0.5) is 0 Å². The highest BCUT2D eigenvalue weighted by atomic mass is 79.9. The minimum Gasteiger partial charge on any atom is -0.492 e. The first-order valence-corrected chi connectivity index (χ1v) is 7.88. The Bertz CT molecular complexity index is 390. The SMILES string of the molecule is CC(C)(C)NCCCCCOc1ccc(Cl)cc1Br. The van der Waals surface area contributed by atoms with E-state index in [4.69, 9.17) is 16.3 Å². The van der Waals surface area contributed by atoms with Gasteiger partial charge in [0.15, 0.2) is 0 Å². The number of benzene rings is 1. The van der Waals surface area contributed by atoms with Crippen molar-refractivity contribution in [2.24, 2.45) is 0 Å². The normalized spacial score (nSPS) is 11.6. The zero-order valence-electron chi connectivity index (χ0n) is 11.9. The smallest absolute Gasteiger partial charge is 0.133 e. The van der Waals surface area contributed by atoms with Gasteiger partial charge < -0.3 is 10.1 Å². The number of rotatable bonds is 7. The number of ether oxygens (including phenoxy) is 1. The Morgan fingerprint density at radius 2 is 1.95 bits per heavy atom. The Balaban J connectivity index is 2.11. The third kappa shape index (κ3) is 7.81. The van der Waals surface area contributed by atoms with Crippen LogP contribution >= 0.6 is 27.5 Å². The van der Waals surface area contributed by atoms with Crippen molar-refractivity contribution in [3.05, 3.63) is 27.7 Å². The molecule has 1 aromatic rings. The van der Waals surface area contributed by atoms with Crippen LogP contribution in [0.5, 0.6) is 5.75 Å². The fourth-order valence-corrected chi connectivity index (χ4v) is 2.44. The van der Waals surface area contributed by atoms with Gasteiger partial charge in [-0.3, -0.25) is 0 Å². The van der Waals surface area contributed by atoms with E-state index in [9.17, 15) is 0 Å². The first kappa shape index (κ1) is 16.8. The lowest BCUT2D eigenvalue weighted by atomic mass is 10.1. The second-order valence-electron chi connectivity index (χ2n) is 5.66. The first-order valence-electron chi connectivity index (χ1n) is 6.71. The molecule has 19 heavy (non-hydrogen) atoms. The van der Waals surface area contributed by atoms with Gasteiger partial charge in [-0.15, -0.1) is 0 Å². The number of nitrogens with one attached hydrogen (secondary N) is 1. The Labute approximate surface area is 130 Å². The summed E-state index contributed by atoms with van der Waals surface area (Å²) in [6.45, 7) is 8.38. The van der Waals surface area contributed by atoms with E-state index in [1.165, 1.54) is 12.8 Å². The summed E-state index contributed by atoms with van der Waals surface area (Å²) in [5.41, 5.74) is 0.213. The molecule has 4 heteroatoms. The predicted octanol–water partition coefficient (Wildman–Crippen LogP) is 5.04. The Morgan fingerprint density at radius 3 is 2.58 bits per heavy atom. The van der Waals surface area contributed by atoms with E-state index >= 15 is 0 Å². The highest BCUT2D eigenvalue weighted by Crippen LogP contribution is 2.28. The van der Waals surface area contributed by atoms with E-state index < -0.39 is 0 Å². The van der Waals surface area contributed by atoms with Crippen LogP contribution in [-0.4, -0.2) is 18.7 Å². The molecule has 0 aliphatic carbocycles. The maximum atomic E-state index is 5.88. The van der Waals surface area contributed by atoms with Crippen LogP contribution in [0.3, 0.4) is 0 Å². The van der Waals surface area contributed by atoms with Gasteiger partial charge in [-0.1, -0.05) is 11.6 Å². The summed E-state index contributed by atoms with van der Waals surface area (Å²) < 4.78 is 6.62. The maximum absolute atomic E-state index is 5.88. The van der Waals surface area contributed by atoms with Crippen LogP contribution in [0.1, 0.15) is 40.0 Å². The molecule has 0 spiro atoms. The lowest BCUT2D eigenvalue weighted by molar-refractivity contribution is 0.301. The molecule has 2 nitrogen and oxygen atoms in total. The van der Waals surface area contributed by atoms with Gasteiger partial charge in [-0.05, 0) is 80.7 Å². The van der Waals surface area contributed by atoms with Gasteiger partial charge in [0.1, 0.15) is 5.75 Å².